The first-order valence-electron chi connectivity index (χ1n) is 6.78. The average molecular weight is 265 g/mol. The van der Waals surface area contributed by atoms with Gasteiger partial charge < -0.3 is 10.6 Å². The van der Waals surface area contributed by atoms with Gasteiger partial charge in [0, 0.05) is 39.8 Å². The number of hydrogen-bond acceptors (Lipinski definition) is 4. The number of nitrogen functional groups attached to an aromatic ring is 1. The topological polar surface area (TPSA) is 67.4 Å². The van der Waals surface area contributed by atoms with Gasteiger partial charge in [-0.2, -0.15) is 5.10 Å². The summed E-state index contributed by atoms with van der Waals surface area (Å²) < 4.78 is 1.55. The van der Waals surface area contributed by atoms with Gasteiger partial charge in [0.15, 0.2) is 0 Å². The van der Waals surface area contributed by atoms with E-state index < -0.39 is 0 Å². The molecule has 1 aliphatic rings. The molecule has 1 amide bonds. The second-order valence-corrected chi connectivity index (χ2v) is 5.56. The SMILES string of the molecule is CC(C)CN1CCN(C(=O)c2c(N)cnn2C)CC1. The Morgan fingerprint density at radius 3 is 2.47 bits per heavy atom. The zero-order valence-electron chi connectivity index (χ0n) is 12.0. The van der Waals surface area contributed by atoms with Gasteiger partial charge in [0.2, 0.25) is 0 Å². The minimum absolute atomic E-state index is 0.0123. The summed E-state index contributed by atoms with van der Waals surface area (Å²) in [4.78, 5) is 16.7. The molecule has 1 aromatic heterocycles. The third kappa shape index (κ3) is 3.07. The summed E-state index contributed by atoms with van der Waals surface area (Å²) in [5.41, 5.74) is 6.75. The molecule has 0 unspecified atom stereocenters. The third-order valence-electron chi connectivity index (χ3n) is 3.45. The standard InChI is InChI=1S/C13H23N5O/c1-10(2)9-17-4-6-18(7-5-17)13(19)12-11(14)8-15-16(12)3/h8,10H,4-7,9,14H2,1-3H3. The first-order chi connectivity index (χ1) is 8.99. The molecule has 19 heavy (non-hydrogen) atoms. The summed E-state index contributed by atoms with van der Waals surface area (Å²) in [6.07, 6.45) is 1.53. The van der Waals surface area contributed by atoms with Gasteiger partial charge in [-0.1, -0.05) is 13.8 Å². The Hall–Kier alpha value is -1.56. The largest absolute Gasteiger partial charge is 0.396 e. The molecule has 1 aliphatic heterocycles. The average Bonchev–Trinajstić information content (AvgIpc) is 2.68. The number of anilines is 1. The van der Waals surface area contributed by atoms with Crippen molar-refractivity contribution in [1.82, 2.24) is 19.6 Å². The number of carbonyl (C=O) groups is 1. The molecule has 1 saturated heterocycles. The van der Waals surface area contributed by atoms with Crippen molar-refractivity contribution in [3.63, 3.8) is 0 Å². The summed E-state index contributed by atoms with van der Waals surface area (Å²) in [6.45, 7) is 8.91. The van der Waals surface area contributed by atoms with Crippen LogP contribution in [0.4, 0.5) is 5.69 Å². The van der Waals surface area contributed by atoms with Crippen molar-refractivity contribution in [2.75, 3.05) is 38.5 Å². The van der Waals surface area contributed by atoms with Crippen LogP contribution in [0.3, 0.4) is 0 Å². The molecule has 0 radical (unpaired) electrons. The molecule has 0 saturated carbocycles. The van der Waals surface area contributed by atoms with Crippen molar-refractivity contribution in [3.05, 3.63) is 11.9 Å². The van der Waals surface area contributed by atoms with E-state index in [0.717, 1.165) is 32.7 Å². The number of hydrogen-bond donors (Lipinski definition) is 1. The second-order valence-electron chi connectivity index (χ2n) is 5.56. The van der Waals surface area contributed by atoms with Gasteiger partial charge in [-0.25, -0.2) is 0 Å². The molecule has 2 heterocycles. The summed E-state index contributed by atoms with van der Waals surface area (Å²) >= 11 is 0. The summed E-state index contributed by atoms with van der Waals surface area (Å²) in [6, 6.07) is 0. The van der Waals surface area contributed by atoms with Gasteiger partial charge in [0.25, 0.3) is 5.91 Å². The van der Waals surface area contributed by atoms with Gasteiger partial charge in [-0.15, -0.1) is 0 Å². The predicted octanol–water partition coefficient (Wildman–Crippen LogP) is 0.416. The van der Waals surface area contributed by atoms with Crippen LogP contribution in [0.1, 0.15) is 24.3 Å². The molecule has 1 aromatic rings. The fourth-order valence-corrected chi connectivity index (χ4v) is 2.52. The molecule has 1 fully saturated rings. The van der Waals surface area contributed by atoms with Crippen LogP contribution in [0, 0.1) is 5.92 Å². The quantitative estimate of drug-likeness (QED) is 0.860. The van der Waals surface area contributed by atoms with Crippen LogP contribution in [0.2, 0.25) is 0 Å². The van der Waals surface area contributed by atoms with Crippen molar-refractivity contribution >= 4 is 11.6 Å². The van der Waals surface area contributed by atoms with Gasteiger partial charge >= 0.3 is 0 Å². The summed E-state index contributed by atoms with van der Waals surface area (Å²) in [5.74, 6) is 0.650. The van der Waals surface area contributed by atoms with Crippen LogP contribution < -0.4 is 5.73 Å². The number of nitrogens with zero attached hydrogens (tertiary/aromatic N) is 4. The van der Waals surface area contributed by atoms with E-state index in [1.807, 2.05) is 4.90 Å². The minimum atomic E-state index is -0.0123. The van der Waals surface area contributed by atoms with Gasteiger partial charge in [-0.3, -0.25) is 14.4 Å². The Kier molecular flexibility index (Phi) is 4.09. The maximum Gasteiger partial charge on any atom is 0.274 e. The molecular weight excluding hydrogens is 242 g/mol. The highest BCUT2D eigenvalue weighted by Crippen LogP contribution is 2.14. The number of rotatable bonds is 3. The van der Waals surface area contributed by atoms with Gasteiger partial charge in [-0.05, 0) is 5.92 Å². The summed E-state index contributed by atoms with van der Waals surface area (Å²) in [5, 5.41) is 4.02. The molecule has 2 rings (SSSR count). The first kappa shape index (κ1) is 13.9. The third-order valence-corrected chi connectivity index (χ3v) is 3.45. The lowest BCUT2D eigenvalue weighted by Gasteiger charge is -2.35. The van der Waals surface area contributed by atoms with E-state index in [9.17, 15) is 4.79 Å². The van der Waals surface area contributed by atoms with Crippen molar-refractivity contribution in [3.8, 4) is 0 Å². The van der Waals surface area contributed by atoms with E-state index in [0.29, 0.717) is 17.3 Å². The monoisotopic (exact) mass is 265 g/mol. The molecule has 0 bridgehead atoms. The zero-order chi connectivity index (χ0) is 14.0. The lowest BCUT2D eigenvalue weighted by molar-refractivity contribution is 0.0614. The number of carbonyl (C=O) groups excluding carboxylic acids is 1. The minimum Gasteiger partial charge on any atom is -0.396 e. The van der Waals surface area contributed by atoms with Crippen LogP contribution in [0.25, 0.3) is 0 Å². The van der Waals surface area contributed by atoms with Gasteiger partial charge in [0.05, 0.1) is 11.9 Å². The fraction of sp³-hybridized carbons (Fsp3) is 0.692. The first-order valence-corrected chi connectivity index (χ1v) is 6.78. The number of aromatic nitrogens is 2. The van der Waals surface area contributed by atoms with Gasteiger partial charge in [0.1, 0.15) is 5.69 Å². The molecule has 2 N–H and O–H groups in total. The Morgan fingerprint density at radius 1 is 1.37 bits per heavy atom. The number of aryl methyl sites for hydroxylation is 1. The molecule has 0 aromatic carbocycles. The van der Waals surface area contributed by atoms with E-state index in [-0.39, 0.29) is 5.91 Å². The smallest absolute Gasteiger partial charge is 0.274 e. The van der Waals surface area contributed by atoms with Crippen molar-refractivity contribution < 1.29 is 4.79 Å². The van der Waals surface area contributed by atoms with E-state index in [2.05, 4.69) is 23.8 Å². The van der Waals surface area contributed by atoms with Crippen LogP contribution in [-0.4, -0.2) is 58.2 Å². The normalized spacial score (nSPS) is 17.2. The molecular formula is C13H23N5O. The van der Waals surface area contributed by atoms with Crippen LogP contribution in [0.15, 0.2) is 6.20 Å². The second kappa shape index (κ2) is 5.61. The molecule has 6 heteroatoms. The van der Waals surface area contributed by atoms with Crippen molar-refractivity contribution in [1.29, 1.82) is 0 Å². The van der Waals surface area contributed by atoms with E-state index in [1.54, 1.807) is 11.7 Å². The Morgan fingerprint density at radius 2 is 2.00 bits per heavy atom. The highest BCUT2D eigenvalue weighted by atomic mass is 16.2. The van der Waals surface area contributed by atoms with Crippen molar-refractivity contribution in [2.45, 2.75) is 13.8 Å². The Labute approximate surface area is 114 Å². The lowest BCUT2D eigenvalue weighted by atomic mass is 10.2. The Balaban J connectivity index is 1.96. The number of piperazine rings is 1. The van der Waals surface area contributed by atoms with E-state index >= 15 is 0 Å². The maximum absolute atomic E-state index is 12.4. The molecule has 6 nitrogen and oxygen atoms in total. The van der Waals surface area contributed by atoms with Crippen molar-refractivity contribution in [2.24, 2.45) is 13.0 Å². The zero-order valence-corrected chi connectivity index (χ0v) is 12.0. The van der Waals surface area contributed by atoms with E-state index in [1.165, 1.54) is 6.20 Å². The number of nitrogens with two attached hydrogens (primary N) is 1. The lowest BCUT2D eigenvalue weighted by Crippen LogP contribution is -2.49. The summed E-state index contributed by atoms with van der Waals surface area (Å²) in [7, 11) is 1.75. The highest BCUT2D eigenvalue weighted by molar-refractivity contribution is 5.97. The van der Waals surface area contributed by atoms with Crippen LogP contribution in [0.5, 0.6) is 0 Å². The number of amides is 1. The Bertz CT molecular complexity index is 426. The molecule has 0 atom stereocenters. The fourth-order valence-electron chi connectivity index (χ4n) is 2.52. The maximum atomic E-state index is 12.4. The van der Waals surface area contributed by atoms with E-state index in [4.69, 9.17) is 5.73 Å². The van der Waals surface area contributed by atoms with Crippen LogP contribution in [-0.2, 0) is 7.05 Å². The highest BCUT2D eigenvalue weighted by Gasteiger charge is 2.25. The van der Waals surface area contributed by atoms with Crippen LogP contribution >= 0.6 is 0 Å². The molecule has 0 aliphatic carbocycles. The predicted molar refractivity (Wildman–Crippen MR) is 74.8 cm³/mol. The molecule has 0 spiro atoms. The molecule has 106 valence electrons.